The number of ether oxygens (including phenoxy) is 2. The van der Waals surface area contributed by atoms with E-state index in [1.54, 1.807) is 31.3 Å². The van der Waals surface area contributed by atoms with Crippen molar-refractivity contribution in [3.8, 4) is 28.5 Å². The van der Waals surface area contributed by atoms with Gasteiger partial charge in [-0.1, -0.05) is 24.3 Å². The number of carbonyl (C=O) groups is 1. The van der Waals surface area contributed by atoms with Crippen LogP contribution in [0.5, 0.6) is 17.2 Å². The maximum Gasteiger partial charge on any atom is 0.273 e. The average Bonchev–Trinajstić information content (AvgIpc) is 3.44. The fourth-order valence-electron chi connectivity index (χ4n) is 5.05. The van der Waals surface area contributed by atoms with Gasteiger partial charge in [0.05, 0.1) is 20.3 Å². The lowest BCUT2D eigenvalue weighted by molar-refractivity contribution is 0.0746. The van der Waals surface area contributed by atoms with Crippen LogP contribution in [-0.4, -0.2) is 46.9 Å². The van der Waals surface area contributed by atoms with Crippen molar-refractivity contribution in [3.05, 3.63) is 93.9 Å². The molecule has 0 fully saturated rings. The van der Waals surface area contributed by atoms with Crippen molar-refractivity contribution in [2.24, 2.45) is 0 Å². The van der Waals surface area contributed by atoms with Crippen molar-refractivity contribution in [3.63, 3.8) is 0 Å². The van der Waals surface area contributed by atoms with Crippen LogP contribution in [0.3, 0.4) is 0 Å². The summed E-state index contributed by atoms with van der Waals surface area (Å²) in [6, 6.07) is 15.1. The minimum absolute atomic E-state index is 0.119. The second kappa shape index (κ2) is 9.61. The van der Waals surface area contributed by atoms with E-state index in [0.29, 0.717) is 47.0 Å². The molecule has 2 heterocycles. The molecule has 0 saturated carbocycles. The fourth-order valence-corrected chi connectivity index (χ4v) is 5.05. The van der Waals surface area contributed by atoms with Gasteiger partial charge in [-0.3, -0.25) is 9.89 Å². The monoisotopic (exact) mass is 501 g/mol. The van der Waals surface area contributed by atoms with E-state index >= 15 is 0 Å². The number of rotatable bonds is 7. The number of hydrogen-bond donors (Lipinski definition) is 2. The van der Waals surface area contributed by atoms with Crippen LogP contribution in [0, 0.1) is 19.7 Å². The highest BCUT2D eigenvalue weighted by molar-refractivity contribution is 6.00. The van der Waals surface area contributed by atoms with Gasteiger partial charge in [0.1, 0.15) is 23.0 Å². The van der Waals surface area contributed by atoms with E-state index in [1.165, 1.54) is 12.1 Å². The zero-order valence-corrected chi connectivity index (χ0v) is 21.1. The number of aromatic nitrogens is 2. The van der Waals surface area contributed by atoms with Crippen LogP contribution in [0.25, 0.3) is 11.3 Å². The first kappa shape index (κ1) is 24.4. The number of aromatic hydroxyl groups is 1. The third kappa shape index (κ3) is 4.28. The van der Waals surface area contributed by atoms with Gasteiger partial charge in [0.15, 0.2) is 11.5 Å². The highest BCUT2D eigenvalue weighted by atomic mass is 19.1. The third-order valence-corrected chi connectivity index (χ3v) is 6.84. The summed E-state index contributed by atoms with van der Waals surface area (Å²) < 4.78 is 24.6. The Bertz CT molecular complexity index is 1480. The molecule has 0 unspecified atom stereocenters. The van der Waals surface area contributed by atoms with Crippen LogP contribution in [0.15, 0.2) is 54.6 Å². The smallest absolute Gasteiger partial charge is 0.273 e. The summed E-state index contributed by atoms with van der Waals surface area (Å²) in [6.07, 6.45) is 0.561. The molecule has 3 aromatic carbocycles. The highest BCUT2D eigenvalue weighted by Gasteiger charge is 2.42. The van der Waals surface area contributed by atoms with Gasteiger partial charge in [-0.25, -0.2) is 4.39 Å². The summed E-state index contributed by atoms with van der Waals surface area (Å²) in [5.41, 5.74) is 5.53. The number of H-pyrrole nitrogens is 1. The Morgan fingerprint density at radius 1 is 1.03 bits per heavy atom. The Morgan fingerprint density at radius 3 is 2.46 bits per heavy atom. The molecule has 2 N–H and O–H groups in total. The van der Waals surface area contributed by atoms with Gasteiger partial charge in [-0.15, -0.1) is 0 Å². The number of phenols is 1. The lowest BCUT2D eigenvalue weighted by atomic mass is 9.94. The van der Waals surface area contributed by atoms with Gasteiger partial charge in [0, 0.05) is 17.7 Å². The molecular formula is C29H28FN3O4. The van der Waals surface area contributed by atoms with Crippen LogP contribution >= 0.6 is 0 Å². The van der Waals surface area contributed by atoms with Gasteiger partial charge in [-0.05, 0) is 72.9 Å². The molecule has 7 nitrogen and oxygen atoms in total. The molecule has 8 heteroatoms. The van der Waals surface area contributed by atoms with Crippen LogP contribution in [0.1, 0.15) is 44.3 Å². The number of benzene rings is 3. The van der Waals surface area contributed by atoms with E-state index in [1.807, 2.05) is 44.2 Å². The van der Waals surface area contributed by atoms with Crippen molar-refractivity contribution in [2.45, 2.75) is 26.3 Å². The SMILES string of the molecule is COc1ccc(CCN2C(=O)c3[nH]nc(-c4cc(C)cc(C)c4O)c3[C@H]2c2ccc(F)cc2)cc1OC. The van der Waals surface area contributed by atoms with Crippen LogP contribution in [0.2, 0.25) is 0 Å². The number of methoxy groups -OCH3 is 2. The van der Waals surface area contributed by atoms with Crippen molar-refractivity contribution < 1.29 is 23.8 Å². The second-order valence-corrected chi connectivity index (χ2v) is 9.23. The van der Waals surface area contributed by atoms with E-state index in [4.69, 9.17) is 9.47 Å². The Hall–Kier alpha value is -4.33. The summed E-state index contributed by atoms with van der Waals surface area (Å²) in [5, 5.41) is 18.2. The molecule has 0 spiro atoms. The van der Waals surface area contributed by atoms with E-state index in [2.05, 4.69) is 10.2 Å². The Kier molecular flexibility index (Phi) is 6.33. The zero-order valence-electron chi connectivity index (χ0n) is 21.1. The maximum absolute atomic E-state index is 13.8. The maximum atomic E-state index is 13.8. The number of aryl methyl sites for hydroxylation is 2. The number of carbonyl (C=O) groups excluding carboxylic acids is 1. The molecule has 1 aromatic heterocycles. The number of nitrogens with one attached hydrogen (secondary N) is 1. The number of aromatic amines is 1. The molecule has 37 heavy (non-hydrogen) atoms. The van der Waals surface area contributed by atoms with Crippen LogP contribution in [-0.2, 0) is 6.42 Å². The average molecular weight is 502 g/mol. The summed E-state index contributed by atoms with van der Waals surface area (Å²) in [5.74, 6) is 0.808. The van der Waals surface area contributed by atoms with Gasteiger partial charge in [-0.2, -0.15) is 5.10 Å². The molecule has 1 aliphatic heterocycles. The number of fused-ring (bicyclic) bond motifs is 1. The molecule has 0 saturated heterocycles. The molecule has 1 atom stereocenters. The Labute approximate surface area is 214 Å². The largest absolute Gasteiger partial charge is 0.507 e. The minimum Gasteiger partial charge on any atom is -0.507 e. The summed E-state index contributed by atoms with van der Waals surface area (Å²) in [4.78, 5) is 15.4. The Balaban J connectivity index is 1.57. The molecule has 0 bridgehead atoms. The quantitative estimate of drug-likeness (QED) is 0.357. The standard InChI is InChI=1S/C29H28FN3O4/c1-16-13-17(2)28(34)21(14-16)25-24-26(32-31-25)29(35)33(27(24)19-6-8-20(30)9-7-19)12-11-18-5-10-22(36-3)23(15-18)37-4/h5-10,13-15,27,34H,11-12H2,1-4H3,(H,31,32)/t27-/m1/s1. The fraction of sp³-hybridized carbons (Fsp3) is 0.241. The summed E-state index contributed by atoms with van der Waals surface area (Å²) in [6.45, 7) is 4.18. The van der Waals surface area contributed by atoms with Gasteiger partial charge in [0.2, 0.25) is 0 Å². The lowest BCUT2D eigenvalue weighted by Crippen LogP contribution is -2.31. The topological polar surface area (TPSA) is 87.7 Å². The molecule has 1 amide bonds. The third-order valence-electron chi connectivity index (χ3n) is 6.84. The first-order valence-corrected chi connectivity index (χ1v) is 12.0. The normalized spacial score (nSPS) is 14.7. The summed E-state index contributed by atoms with van der Waals surface area (Å²) >= 11 is 0. The number of amides is 1. The molecule has 0 radical (unpaired) electrons. The number of nitrogens with zero attached hydrogens (tertiary/aromatic N) is 2. The van der Waals surface area contributed by atoms with Crippen molar-refractivity contribution in [2.75, 3.05) is 20.8 Å². The molecular weight excluding hydrogens is 473 g/mol. The van der Waals surface area contributed by atoms with E-state index in [0.717, 1.165) is 22.3 Å². The van der Waals surface area contributed by atoms with Crippen molar-refractivity contribution in [1.29, 1.82) is 0 Å². The highest BCUT2D eigenvalue weighted by Crippen LogP contribution is 2.45. The molecule has 5 rings (SSSR count). The first-order chi connectivity index (χ1) is 17.8. The van der Waals surface area contributed by atoms with Gasteiger partial charge >= 0.3 is 0 Å². The first-order valence-electron chi connectivity index (χ1n) is 12.0. The lowest BCUT2D eigenvalue weighted by Gasteiger charge is -2.26. The zero-order chi connectivity index (χ0) is 26.3. The predicted molar refractivity (Wildman–Crippen MR) is 138 cm³/mol. The van der Waals surface area contributed by atoms with Gasteiger partial charge < -0.3 is 19.5 Å². The van der Waals surface area contributed by atoms with E-state index in [9.17, 15) is 14.3 Å². The number of phenolic OH excluding ortho intramolecular Hbond substituents is 1. The Morgan fingerprint density at radius 2 is 1.76 bits per heavy atom. The van der Waals surface area contributed by atoms with Crippen molar-refractivity contribution >= 4 is 5.91 Å². The number of halogens is 1. The van der Waals surface area contributed by atoms with Crippen molar-refractivity contribution in [1.82, 2.24) is 15.1 Å². The molecule has 190 valence electrons. The van der Waals surface area contributed by atoms with Crippen LogP contribution in [0.4, 0.5) is 4.39 Å². The second-order valence-electron chi connectivity index (χ2n) is 9.23. The number of hydrogen-bond acceptors (Lipinski definition) is 5. The minimum atomic E-state index is -0.503. The summed E-state index contributed by atoms with van der Waals surface area (Å²) in [7, 11) is 3.17. The van der Waals surface area contributed by atoms with Gasteiger partial charge in [0.25, 0.3) is 5.91 Å². The predicted octanol–water partition coefficient (Wildman–Crippen LogP) is 5.34. The molecule has 0 aliphatic carbocycles. The van der Waals surface area contributed by atoms with E-state index < -0.39 is 6.04 Å². The van der Waals surface area contributed by atoms with E-state index in [-0.39, 0.29) is 17.5 Å². The molecule has 1 aliphatic rings. The molecule has 4 aromatic rings. The van der Waals surface area contributed by atoms with Crippen LogP contribution < -0.4 is 9.47 Å².